The van der Waals surface area contributed by atoms with E-state index in [-0.39, 0.29) is 79.0 Å². The summed E-state index contributed by atoms with van der Waals surface area (Å²) in [6, 6.07) is 18.4. The molecule has 2 heterocycles. The van der Waals surface area contributed by atoms with Crippen LogP contribution in [0.2, 0.25) is 0 Å². The molecular weight excluding hydrogens is 1110 g/mol. The number of halogens is 6. The van der Waals surface area contributed by atoms with Crippen LogP contribution < -0.4 is 0 Å². The molecule has 0 unspecified atom stereocenters. The molecule has 277 valence electrons. The molecule has 0 spiro atoms. The number of hydrogen-bond donors (Lipinski definition) is 8. The van der Waals surface area contributed by atoms with Gasteiger partial charge in [-0.25, -0.2) is 0 Å². The van der Waals surface area contributed by atoms with E-state index in [1.165, 1.54) is 24.3 Å². The summed E-state index contributed by atoms with van der Waals surface area (Å²) in [5, 5.41) is 80.5. The van der Waals surface area contributed by atoms with E-state index in [2.05, 4.69) is 95.6 Å². The molecule has 54 heavy (non-hydrogen) atoms. The van der Waals surface area contributed by atoms with Crippen LogP contribution in [-0.2, 0) is 0 Å². The van der Waals surface area contributed by atoms with Crippen LogP contribution in [0, 0.1) is 0 Å². The van der Waals surface area contributed by atoms with Crippen LogP contribution in [-0.4, -0.2) is 49.3 Å². The van der Waals surface area contributed by atoms with Gasteiger partial charge in [-0.15, -0.1) is 0 Å². The molecule has 0 saturated heterocycles. The number of aromatic hydroxyl groups is 8. The molecule has 0 bridgehead atoms. The fourth-order valence-electron chi connectivity index (χ4n) is 5.15. The summed E-state index contributed by atoms with van der Waals surface area (Å²) in [6.07, 6.45) is 0. The Kier molecular flexibility index (Phi) is 13.8. The Hall–Kier alpha value is -3.39. The number of furan rings is 2. The van der Waals surface area contributed by atoms with Crippen molar-refractivity contribution in [1.29, 1.82) is 0 Å². The zero-order valence-electron chi connectivity index (χ0n) is 26.7. The maximum atomic E-state index is 9.81. The van der Waals surface area contributed by atoms with Crippen LogP contribution >= 0.6 is 109 Å². The number of benzene rings is 6. The highest BCUT2D eigenvalue weighted by Crippen LogP contribution is 2.45. The average molecular weight is 1140 g/mol. The van der Waals surface area contributed by atoms with Gasteiger partial charge in [0.15, 0.2) is 0 Å². The van der Waals surface area contributed by atoms with Crippen LogP contribution in [0.5, 0.6) is 46.0 Å². The summed E-state index contributed by atoms with van der Waals surface area (Å²) < 4.78 is 14.3. The quantitative estimate of drug-likeness (QED) is 0.0580. The fraction of sp³-hybridized carbons (Fsp3) is 0. The minimum absolute atomic E-state index is 0. The monoisotopic (exact) mass is 1130 g/mol. The first-order chi connectivity index (χ1) is 24.5. The molecule has 0 amide bonds. The first-order valence-corrected chi connectivity index (χ1v) is 19.2. The fourth-order valence-corrected chi connectivity index (χ4v) is 7.33. The number of hydrogen-bond acceptors (Lipinski definition) is 10. The van der Waals surface area contributed by atoms with E-state index >= 15 is 0 Å². The summed E-state index contributed by atoms with van der Waals surface area (Å²) in [4.78, 5) is 0. The zero-order valence-corrected chi connectivity index (χ0v) is 37.2. The van der Waals surface area contributed by atoms with Gasteiger partial charge in [-0.05, 0) is 168 Å². The van der Waals surface area contributed by atoms with Crippen molar-refractivity contribution in [2.24, 2.45) is 0 Å². The molecule has 18 heteroatoms. The predicted octanol–water partition coefficient (Wildman–Crippen LogP) is 12.5. The normalized spacial score (nSPS) is 10.7. The van der Waals surface area contributed by atoms with E-state index in [1.807, 2.05) is 0 Å². The van der Waals surface area contributed by atoms with E-state index in [0.717, 1.165) is 21.5 Å². The third-order valence-corrected chi connectivity index (χ3v) is 11.6. The van der Waals surface area contributed by atoms with Gasteiger partial charge >= 0.3 is 0 Å². The second kappa shape index (κ2) is 17.2. The van der Waals surface area contributed by atoms with Crippen LogP contribution in [0.4, 0.5) is 0 Å². The van der Waals surface area contributed by atoms with Crippen LogP contribution in [0.25, 0.3) is 55.0 Å². The Labute approximate surface area is 364 Å². The summed E-state index contributed by atoms with van der Waals surface area (Å²) in [5.74, 6) is 0.144. The molecular formula is C36H22BBr6O10S. The molecule has 0 aliphatic heterocycles. The molecule has 8 N–H and O–H groups in total. The van der Waals surface area contributed by atoms with Crippen molar-refractivity contribution in [3.8, 4) is 57.1 Å². The van der Waals surface area contributed by atoms with E-state index in [9.17, 15) is 40.9 Å². The van der Waals surface area contributed by atoms with Crippen LogP contribution in [0.3, 0.4) is 0 Å². The van der Waals surface area contributed by atoms with Crippen molar-refractivity contribution >= 4 is 161 Å². The van der Waals surface area contributed by atoms with Crippen molar-refractivity contribution in [2.45, 2.75) is 0 Å². The van der Waals surface area contributed by atoms with Crippen LogP contribution in [0.1, 0.15) is 0 Å². The van der Waals surface area contributed by atoms with Gasteiger partial charge < -0.3 is 49.7 Å². The third-order valence-electron chi connectivity index (χ3n) is 7.65. The number of phenolic OH excluding ortho intramolecular Hbond substituents is 8. The smallest absolute Gasteiger partial charge is 0.136 e. The molecule has 0 aliphatic carbocycles. The van der Waals surface area contributed by atoms with Gasteiger partial charge in [-0.2, -0.15) is 13.5 Å². The lowest BCUT2D eigenvalue weighted by molar-refractivity contribution is 0.452. The van der Waals surface area contributed by atoms with E-state index in [0.29, 0.717) is 49.2 Å². The van der Waals surface area contributed by atoms with Gasteiger partial charge in [-0.1, -0.05) is 0 Å². The first-order valence-electron chi connectivity index (χ1n) is 14.4. The van der Waals surface area contributed by atoms with Crippen molar-refractivity contribution in [1.82, 2.24) is 0 Å². The molecule has 6 aromatic carbocycles. The second-order valence-electron chi connectivity index (χ2n) is 11.0. The van der Waals surface area contributed by atoms with Crippen molar-refractivity contribution in [3.63, 3.8) is 0 Å². The van der Waals surface area contributed by atoms with Gasteiger partial charge in [-0.3, -0.25) is 0 Å². The Morgan fingerprint density at radius 3 is 1.11 bits per heavy atom. The molecule has 8 aromatic rings. The van der Waals surface area contributed by atoms with Gasteiger partial charge in [0.2, 0.25) is 0 Å². The van der Waals surface area contributed by atoms with E-state index < -0.39 is 0 Å². The number of rotatable bonds is 1. The molecule has 0 atom stereocenters. The molecule has 0 fully saturated rings. The molecule has 0 saturated carbocycles. The summed E-state index contributed by atoms with van der Waals surface area (Å²) >= 11 is 19.2. The Morgan fingerprint density at radius 1 is 0.352 bits per heavy atom. The van der Waals surface area contributed by atoms with Gasteiger partial charge in [0.05, 0.1) is 26.8 Å². The largest absolute Gasteiger partial charge is 0.507 e. The lowest BCUT2D eigenvalue weighted by Crippen LogP contribution is -1.83. The maximum absolute atomic E-state index is 9.81. The Morgan fingerprint density at radius 2 is 0.685 bits per heavy atom. The summed E-state index contributed by atoms with van der Waals surface area (Å²) in [6.45, 7) is 0. The average Bonchev–Trinajstić information content (AvgIpc) is 3.60. The first kappa shape index (κ1) is 43.3. The summed E-state index contributed by atoms with van der Waals surface area (Å²) in [5.41, 5.74) is 3.05. The Balaban J connectivity index is 0.000000177. The van der Waals surface area contributed by atoms with E-state index in [1.54, 1.807) is 48.5 Å². The minimum Gasteiger partial charge on any atom is -0.507 e. The second-order valence-corrected chi connectivity index (χ2v) is 16.1. The molecule has 2 aromatic heterocycles. The molecule has 10 nitrogen and oxygen atoms in total. The standard InChI is InChI=1S/C12H8Br2O4.2C12H6Br2O3.B.H2S/c13-7-3-9(15)5(1-11(7)17)6-2-12(18)8(14)4-10(6)16;13-7-3-11-5(1-9(7)15)6-2-10(16)8(14)4-12(6)17-11;13-6-4-10-5(3-8(6)16)11-9(17-10)2-1-7(15)12(11)14;;/h1-4,15-18H;2*1-4,15-16H;;1H2. The van der Waals surface area contributed by atoms with Gasteiger partial charge in [0.1, 0.15) is 68.3 Å². The maximum Gasteiger partial charge on any atom is 0.136 e. The van der Waals surface area contributed by atoms with Crippen LogP contribution in [0.15, 0.2) is 108 Å². The Bertz CT molecular complexity index is 2600. The summed E-state index contributed by atoms with van der Waals surface area (Å²) in [7, 11) is 0. The van der Waals surface area contributed by atoms with E-state index in [4.69, 9.17) is 8.83 Å². The molecule has 8 rings (SSSR count). The topological polar surface area (TPSA) is 188 Å². The van der Waals surface area contributed by atoms with Gasteiger partial charge in [0.25, 0.3) is 0 Å². The van der Waals surface area contributed by atoms with Gasteiger partial charge in [0, 0.05) is 41.1 Å². The highest BCUT2D eigenvalue weighted by atomic mass is 79.9. The zero-order chi connectivity index (χ0) is 37.8. The highest BCUT2D eigenvalue weighted by molar-refractivity contribution is 9.11. The molecule has 3 radical (unpaired) electrons. The SMILES string of the molecule is Oc1cc(-c2cc(O)c(Br)cc2O)c(O)cc1Br.Oc1cc2c(cc1Br)oc1cc(Br)c(O)cc12.Oc1cc2c(cc1Br)oc1ccc(O)c(Br)c12.S.[B]. The highest BCUT2D eigenvalue weighted by Gasteiger charge is 2.17. The lowest BCUT2D eigenvalue weighted by Gasteiger charge is -2.10. The van der Waals surface area contributed by atoms with Crippen molar-refractivity contribution in [3.05, 3.63) is 99.6 Å². The predicted molar refractivity (Wildman–Crippen MR) is 235 cm³/mol. The van der Waals surface area contributed by atoms with Crippen molar-refractivity contribution < 1.29 is 49.7 Å². The molecule has 0 aliphatic rings. The minimum atomic E-state index is -0.128. The number of phenols is 8. The number of fused-ring (bicyclic) bond motifs is 6. The van der Waals surface area contributed by atoms with Crippen molar-refractivity contribution in [2.75, 3.05) is 0 Å². The lowest BCUT2D eigenvalue weighted by atomic mass is 10.0. The third kappa shape index (κ3) is 8.54.